The van der Waals surface area contributed by atoms with Crippen LogP contribution in [0.5, 0.6) is 11.5 Å². The average Bonchev–Trinajstić information content (AvgIpc) is 3.12. The Morgan fingerprint density at radius 1 is 1.19 bits per heavy atom. The van der Waals surface area contributed by atoms with Crippen molar-refractivity contribution < 1.29 is 17.9 Å². The molecule has 0 spiro atoms. The van der Waals surface area contributed by atoms with E-state index in [1.165, 1.54) is 20.3 Å². The zero-order valence-electron chi connectivity index (χ0n) is 15.2. The number of hydrogen-bond donors (Lipinski definition) is 1. The van der Waals surface area contributed by atoms with Crippen LogP contribution in [-0.4, -0.2) is 37.4 Å². The Hall–Kier alpha value is -2.91. The molecule has 0 aliphatic carbocycles. The standard InChI is InChI=1S/C18H20N4O4S/c1-22-12-14(10-20-22)18-13(5-4-8-19-18)11-21-27(23,24)17-9-15(25-2)6-7-16(17)26-3/h4-10,12,21H,11H2,1-3H3. The van der Waals surface area contributed by atoms with Gasteiger partial charge in [0.2, 0.25) is 10.0 Å². The molecule has 0 radical (unpaired) electrons. The van der Waals surface area contributed by atoms with Crippen LogP contribution < -0.4 is 14.2 Å². The van der Waals surface area contributed by atoms with Crippen molar-refractivity contribution in [2.75, 3.05) is 14.2 Å². The van der Waals surface area contributed by atoms with E-state index < -0.39 is 10.0 Å². The van der Waals surface area contributed by atoms with Crippen molar-refractivity contribution in [2.45, 2.75) is 11.4 Å². The summed E-state index contributed by atoms with van der Waals surface area (Å²) in [5.74, 6) is 0.663. The Morgan fingerprint density at radius 2 is 2.00 bits per heavy atom. The normalized spacial score (nSPS) is 11.4. The molecule has 0 fully saturated rings. The topological polar surface area (TPSA) is 95.3 Å². The third-order valence-corrected chi connectivity index (χ3v) is 5.40. The van der Waals surface area contributed by atoms with Crippen LogP contribution in [0.15, 0.2) is 53.8 Å². The number of ether oxygens (including phenoxy) is 2. The quantitative estimate of drug-likeness (QED) is 0.665. The average molecular weight is 388 g/mol. The Balaban J connectivity index is 1.89. The molecule has 0 unspecified atom stereocenters. The van der Waals surface area contributed by atoms with Crippen molar-refractivity contribution in [3.05, 3.63) is 54.5 Å². The largest absolute Gasteiger partial charge is 0.497 e. The summed E-state index contributed by atoms with van der Waals surface area (Å²) >= 11 is 0. The van der Waals surface area contributed by atoms with E-state index in [0.717, 1.165) is 11.1 Å². The van der Waals surface area contributed by atoms with Crippen molar-refractivity contribution in [3.8, 4) is 22.8 Å². The highest BCUT2D eigenvalue weighted by atomic mass is 32.2. The number of methoxy groups -OCH3 is 2. The summed E-state index contributed by atoms with van der Waals surface area (Å²) in [5, 5.41) is 4.14. The molecule has 0 bridgehead atoms. The zero-order valence-corrected chi connectivity index (χ0v) is 16.0. The number of rotatable bonds is 7. The first-order valence-electron chi connectivity index (χ1n) is 8.09. The Labute approximate surface area is 157 Å². The second-order valence-corrected chi connectivity index (χ2v) is 7.49. The molecule has 9 heteroatoms. The van der Waals surface area contributed by atoms with Crippen molar-refractivity contribution in [1.82, 2.24) is 19.5 Å². The highest BCUT2D eigenvalue weighted by molar-refractivity contribution is 7.89. The fourth-order valence-electron chi connectivity index (χ4n) is 2.63. The number of benzene rings is 1. The molecule has 0 saturated carbocycles. The molecule has 27 heavy (non-hydrogen) atoms. The van der Waals surface area contributed by atoms with Gasteiger partial charge in [-0.15, -0.1) is 0 Å². The lowest BCUT2D eigenvalue weighted by Crippen LogP contribution is -2.24. The summed E-state index contributed by atoms with van der Waals surface area (Å²) < 4.78 is 40.2. The van der Waals surface area contributed by atoms with Gasteiger partial charge in [0.05, 0.1) is 26.1 Å². The minimum atomic E-state index is -3.83. The fourth-order valence-corrected chi connectivity index (χ4v) is 3.82. The summed E-state index contributed by atoms with van der Waals surface area (Å²) in [5.41, 5.74) is 2.22. The number of aryl methyl sites for hydroxylation is 1. The molecule has 0 aliphatic rings. The molecule has 0 amide bonds. The predicted octanol–water partition coefficient (Wildman–Crippen LogP) is 1.98. The van der Waals surface area contributed by atoms with Gasteiger partial charge < -0.3 is 9.47 Å². The highest BCUT2D eigenvalue weighted by Crippen LogP contribution is 2.28. The van der Waals surface area contributed by atoms with Gasteiger partial charge in [0.25, 0.3) is 0 Å². The number of nitrogens with one attached hydrogen (secondary N) is 1. The van der Waals surface area contributed by atoms with Crippen LogP contribution in [0.4, 0.5) is 0 Å². The summed E-state index contributed by atoms with van der Waals surface area (Å²) in [7, 11) is 0.871. The van der Waals surface area contributed by atoms with Crippen LogP contribution in [-0.2, 0) is 23.6 Å². The Morgan fingerprint density at radius 3 is 2.67 bits per heavy atom. The molecule has 142 valence electrons. The molecular formula is C18H20N4O4S. The Kier molecular flexibility index (Phi) is 5.43. The molecule has 0 saturated heterocycles. The van der Waals surface area contributed by atoms with Crippen LogP contribution in [0.2, 0.25) is 0 Å². The van der Waals surface area contributed by atoms with E-state index in [1.54, 1.807) is 35.3 Å². The van der Waals surface area contributed by atoms with Crippen molar-refractivity contribution >= 4 is 10.0 Å². The molecule has 8 nitrogen and oxygen atoms in total. The lowest BCUT2D eigenvalue weighted by Gasteiger charge is -2.13. The van der Waals surface area contributed by atoms with Crippen LogP contribution in [0.1, 0.15) is 5.56 Å². The number of sulfonamides is 1. The predicted molar refractivity (Wildman–Crippen MR) is 100 cm³/mol. The Bertz CT molecular complexity index is 1050. The van der Waals surface area contributed by atoms with Gasteiger partial charge in [-0.25, -0.2) is 13.1 Å². The SMILES string of the molecule is COc1ccc(OC)c(S(=O)(=O)NCc2cccnc2-c2cnn(C)c2)c1. The number of aromatic nitrogens is 3. The summed E-state index contributed by atoms with van der Waals surface area (Å²) in [4.78, 5) is 4.37. The van der Waals surface area contributed by atoms with Crippen molar-refractivity contribution in [3.63, 3.8) is 0 Å². The summed E-state index contributed by atoms with van der Waals surface area (Å²) in [6, 6.07) is 8.20. The third-order valence-electron chi connectivity index (χ3n) is 3.98. The molecule has 2 aromatic heterocycles. The molecule has 0 aliphatic heterocycles. The monoisotopic (exact) mass is 388 g/mol. The number of pyridine rings is 1. The van der Waals surface area contributed by atoms with Gasteiger partial charge in [-0.05, 0) is 23.8 Å². The molecule has 1 aromatic carbocycles. The van der Waals surface area contributed by atoms with Crippen molar-refractivity contribution in [2.24, 2.45) is 7.05 Å². The van der Waals surface area contributed by atoms with E-state index in [0.29, 0.717) is 11.4 Å². The molecule has 3 aromatic rings. The highest BCUT2D eigenvalue weighted by Gasteiger charge is 2.21. The number of nitrogens with zero attached hydrogens (tertiary/aromatic N) is 3. The first kappa shape index (κ1) is 18.9. The fraction of sp³-hybridized carbons (Fsp3) is 0.222. The van der Waals surface area contributed by atoms with Gasteiger partial charge in [-0.2, -0.15) is 5.10 Å². The van der Waals surface area contributed by atoms with E-state index in [1.807, 2.05) is 19.3 Å². The summed E-state index contributed by atoms with van der Waals surface area (Å²) in [6.45, 7) is 0.0702. The third kappa shape index (κ3) is 4.09. The maximum atomic E-state index is 12.8. The first-order valence-corrected chi connectivity index (χ1v) is 9.57. The second-order valence-electron chi connectivity index (χ2n) is 5.76. The minimum absolute atomic E-state index is 0.0103. The van der Waals surface area contributed by atoms with E-state index in [-0.39, 0.29) is 17.2 Å². The van der Waals surface area contributed by atoms with Crippen molar-refractivity contribution in [1.29, 1.82) is 0 Å². The lowest BCUT2D eigenvalue weighted by atomic mass is 10.1. The smallest absolute Gasteiger partial charge is 0.244 e. The van der Waals surface area contributed by atoms with Gasteiger partial charge in [0, 0.05) is 37.6 Å². The van der Waals surface area contributed by atoms with E-state index in [9.17, 15) is 8.42 Å². The molecule has 2 heterocycles. The van der Waals surface area contributed by atoms with Gasteiger partial charge in [0.15, 0.2) is 0 Å². The van der Waals surface area contributed by atoms with Crippen LogP contribution >= 0.6 is 0 Å². The van der Waals surface area contributed by atoms with Gasteiger partial charge in [-0.1, -0.05) is 6.07 Å². The lowest BCUT2D eigenvalue weighted by molar-refractivity contribution is 0.392. The van der Waals surface area contributed by atoms with E-state index in [2.05, 4.69) is 14.8 Å². The van der Waals surface area contributed by atoms with E-state index >= 15 is 0 Å². The molecule has 3 rings (SSSR count). The second kappa shape index (κ2) is 7.77. The maximum absolute atomic E-state index is 12.8. The van der Waals surface area contributed by atoms with Gasteiger partial charge in [0.1, 0.15) is 16.4 Å². The van der Waals surface area contributed by atoms with Gasteiger partial charge in [-0.3, -0.25) is 9.67 Å². The summed E-state index contributed by atoms with van der Waals surface area (Å²) in [6.07, 6.45) is 5.17. The zero-order chi connectivity index (χ0) is 19.4. The number of hydrogen-bond acceptors (Lipinski definition) is 6. The minimum Gasteiger partial charge on any atom is -0.497 e. The molecule has 1 N–H and O–H groups in total. The van der Waals surface area contributed by atoms with E-state index in [4.69, 9.17) is 9.47 Å². The maximum Gasteiger partial charge on any atom is 0.244 e. The van der Waals surface area contributed by atoms with Gasteiger partial charge >= 0.3 is 0 Å². The van der Waals surface area contributed by atoms with Crippen LogP contribution in [0, 0.1) is 0 Å². The molecule has 0 atom stereocenters. The first-order chi connectivity index (χ1) is 12.9. The molecular weight excluding hydrogens is 368 g/mol. The van der Waals surface area contributed by atoms with Crippen LogP contribution in [0.3, 0.4) is 0 Å². The van der Waals surface area contributed by atoms with Crippen LogP contribution in [0.25, 0.3) is 11.3 Å².